The van der Waals surface area contributed by atoms with E-state index < -0.39 is 0 Å². The van der Waals surface area contributed by atoms with E-state index in [0.29, 0.717) is 11.5 Å². The van der Waals surface area contributed by atoms with Crippen LogP contribution in [0.1, 0.15) is 38.1 Å². The highest BCUT2D eigenvalue weighted by atomic mass is 79.9. The van der Waals surface area contributed by atoms with Crippen molar-refractivity contribution in [2.45, 2.75) is 52.6 Å². The Morgan fingerprint density at radius 2 is 2.18 bits per heavy atom. The number of nitrogens with zero attached hydrogens (tertiary/aromatic N) is 2. The minimum absolute atomic E-state index is 0.455. The third-order valence-corrected chi connectivity index (χ3v) is 5.25. The number of hydrogen-bond acceptors (Lipinski definition) is 2. The van der Waals surface area contributed by atoms with Crippen LogP contribution in [0.15, 0.2) is 4.47 Å². The summed E-state index contributed by atoms with van der Waals surface area (Å²) in [7, 11) is 2.06. The van der Waals surface area contributed by atoms with Crippen molar-refractivity contribution in [1.82, 2.24) is 15.1 Å². The largest absolute Gasteiger partial charge is 0.317 e. The van der Waals surface area contributed by atoms with Crippen molar-refractivity contribution in [3.63, 3.8) is 0 Å². The highest BCUT2D eigenvalue weighted by Gasteiger charge is 2.47. The van der Waals surface area contributed by atoms with Gasteiger partial charge in [0.25, 0.3) is 0 Å². The Hall–Kier alpha value is -0.350. The van der Waals surface area contributed by atoms with Crippen molar-refractivity contribution >= 4 is 15.9 Å². The third kappa shape index (κ3) is 2.29. The molecule has 1 atom stereocenters. The summed E-state index contributed by atoms with van der Waals surface area (Å²) in [6, 6.07) is 0.579. The van der Waals surface area contributed by atoms with Crippen molar-refractivity contribution in [3.05, 3.63) is 15.9 Å². The van der Waals surface area contributed by atoms with Crippen molar-refractivity contribution in [2.75, 3.05) is 7.05 Å². The van der Waals surface area contributed by atoms with Gasteiger partial charge in [0.2, 0.25) is 0 Å². The van der Waals surface area contributed by atoms with Crippen molar-refractivity contribution < 1.29 is 0 Å². The average molecular weight is 300 g/mol. The molecule has 1 aliphatic carbocycles. The summed E-state index contributed by atoms with van der Waals surface area (Å²) in [5, 5.41) is 7.98. The fourth-order valence-corrected chi connectivity index (χ4v) is 3.03. The molecule has 0 aromatic carbocycles. The van der Waals surface area contributed by atoms with E-state index in [9.17, 15) is 0 Å². The number of nitrogens with one attached hydrogen (secondary N) is 1. The minimum atomic E-state index is 0.455. The molecule has 1 unspecified atom stereocenters. The lowest BCUT2D eigenvalue weighted by atomic mass is 9.92. The second kappa shape index (κ2) is 4.73. The Bertz CT molecular complexity index is 407. The highest BCUT2D eigenvalue weighted by molar-refractivity contribution is 9.10. The van der Waals surface area contributed by atoms with Crippen LogP contribution in [0.3, 0.4) is 0 Å². The Kier molecular flexibility index (Phi) is 3.64. The first-order chi connectivity index (χ1) is 8.04. The summed E-state index contributed by atoms with van der Waals surface area (Å²) in [6.07, 6.45) is 3.79. The molecule has 3 nitrogen and oxygen atoms in total. The lowest BCUT2D eigenvalue weighted by Crippen LogP contribution is -2.34. The van der Waals surface area contributed by atoms with Gasteiger partial charge < -0.3 is 5.32 Å². The Balaban J connectivity index is 2.24. The molecule has 0 spiro atoms. The van der Waals surface area contributed by atoms with E-state index in [1.165, 1.54) is 23.0 Å². The van der Waals surface area contributed by atoms with Crippen molar-refractivity contribution in [1.29, 1.82) is 0 Å². The number of aryl methyl sites for hydroxylation is 2. The second-order valence-electron chi connectivity index (χ2n) is 5.21. The zero-order valence-corrected chi connectivity index (χ0v) is 12.8. The second-order valence-corrected chi connectivity index (χ2v) is 6.00. The van der Waals surface area contributed by atoms with Gasteiger partial charge in [0.1, 0.15) is 0 Å². The van der Waals surface area contributed by atoms with Gasteiger partial charge in [-0.05, 0) is 68.4 Å². The van der Waals surface area contributed by atoms with E-state index in [4.69, 9.17) is 0 Å². The van der Waals surface area contributed by atoms with E-state index >= 15 is 0 Å². The molecule has 0 saturated heterocycles. The Morgan fingerprint density at radius 1 is 1.53 bits per heavy atom. The summed E-state index contributed by atoms with van der Waals surface area (Å²) < 4.78 is 3.34. The molecule has 0 aliphatic heterocycles. The monoisotopic (exact) mass is 299 g/mol. The van der Waals surface area contributed by atoms with E-state index in [1.54, 1.807) is 0 Å². The van der Waals surface area contributed by atoms with E-state index in [1.807, 2.05) is 0 Å². The van der Waals surface area contributed by atoms with E-state index in [-0.39, 0.29) is 0 Å². The smallest absolute Gasteiger partial charge is 0.0738 e. The zero-order valence-electron chi connectivity index (χ0n) is 11.2. The van der Waals surface area contributed by atoms with Crippen LogP contribution in [0.5, 0.6) is 0 Å². The molecule has 1 saturated carbocycles. The maximum absolute atomic E-state index is 4.58. The lowest BCUT2D eigenvalue weighted by molar-refractivity contribution is 0.359. The maximum atomic E-state index is 4.58. The first kappa shape index (κ1) is 13.1. The van der Waals surface area contributed by atoms with Gasteiger partial charge >= 0.3 is 0 Å². The molecule has 0 bridgehead atoms. The molecule has 4 heteroatoms. The van der Waals surface area contributed by atoms with Crippen molar-refractivity contribution in [2.24, 2.45) is 5.41 Å². The van der Waals surface area contributed by atoms with Crippen LogP contribution in [0, 0.1) is 12.3 Å². The first-order valence-electron chi connectivity index (χ1n) is 6.43. The van der Waals surface area contributed by atoms with Crippen LogP contribution in [0.2, 0.25) is 0 Å². The Morgan fingerprint density at radius 3 is 2.65 bits per heavy atom. The summed E-state index contributed by atoms with van der Waals surface area (Å²) in [4.78, 5) is 0. The van der Waals surface area contributed by atoms with Crippen molar-refractivity contribution in [3.8, 4) is 0 Å². The van der Waals surface area contributed by atoms with E-state index in [0.717, 1.165) is 18.7 Å². The fourth-order valence-electron chi connectivity index (χ4n) is 2.60. The van der Waals surface area contributed by atoms with Gasteiger partial charge in [-0.25, -0.2) is 0 Å². The molecule has 1 aromatic rings. The molecular weight excluding hydrogens is 278 g/mol. The summed E-state index contributed by atoms with van der Waals surface area (Å²) in [6.45, 7) is 7.47. The summed E-state index contributed by atoms with van der Waals surface area (Å²) >= 11 is 3.69. The molecule has 1 fully saturated rings. The van der Waals surface area contributed by atoms with Crippen LogP contribution in [-0.2, 0) is 13.0 Å². The van der Waals surface area contributed by atoms with Gasteiger partial charge in [0.05, 0.1) is 15.9 Å². The van der Waals surface area contributed by atoms with Gasteiger partial charge in [-0.15, -0.1) is 0 Å². The quantitative estimate of drug-likeness (QED) is 0.906. The molecule has 1 aromatic heterocycles. The molecule has 0 radical (unpaired) electrons. The Labute approximate surface area is 112 Å². The predicted octanol–water partition coefficient (Wildman–Crippen LogP) is 2.90. The number of rotatable bonds is 5. The number of halogens is 1. The molecule has 1 N–H and O–H groups in total. The van der Waals surface area contributed by atoms with Crippen LogP contribution >= 0.6 is 15.9 Å². The number of aromatic nitrogens is 2. The third-order valence-electron chi connectivity index (χ3n) is 4.22. The lowest BCUT2D eigenvalue weighted by Gasteiger charge is -2.23. The SMILES string of the molecule is CCn1nc(C)c(Br)c1CC1(C(C)NC)CC1. The maximum Gasteiger partial charge on any atom is 0.0738 e. The van der Waals surface area contributed by atoms with E-state index in [2.05, 4.69) is 58.8 Å². The number of hydrogen-bond donors (Lipinski definition) is 1. The van der Waals surface area contributed by atoms with Gasteiger partial charge in [-0.2, -0.15) is 5.10 Å². The predicted molar refractivity (Wildman–Crippen MR) is 74.2 cm³/mol. The van der Waals surface area contributed by atoms with Gasteiger partial charge in [-0.1, -0.05) is 0 Å². The molecule has 0 amide bonds. The van der Waals surface area contributed by atoms with Crippen LogP contribution < -0.4 is 5.32 Å². The molecule has 1 aliphatic rings. The van der Waals surface area contributed by atoms with Crippen LogP contribution in [0.4, 0.5) is 0 Å². The first-order valence-corrected chi connectivity index (χ1v) is 7.22. The average Bonchev–Trinajstić information content (AvgIpc) is 3.07. The fraction of sp³-hybridized carbons (Fsp3) is 0.769. The topological polar surface area (TPSA) is 29.9 Å². The standard InChI is InChI=1S/C13H22BrN3/c1-5-17-11(12(14)9(2)16-17)8-13(6-7-13)10(3)15-4/h10,15H,5-8H2,1-4H3. The molecular formula is C13H22BrN3. The molecule has 1 heterocycles. The zero-order chi connectivity index (χ0) is 12.6. The highest BCUT2D eigenvalue weighted by Crippen LogP contribution is 2.51. The van der Waals surface area contributed by atoms with Crippen LogP contribution in [0.25, 0.3) is 0 Å². The van der Waals surface area contributed by atoms with Gasteiger partial charge in [0, 0.05) is 12.6 Å². The van der Waals surface area contributed by atoms with Gasteiger partial charge in [-0.3, -0.25) is 4.68 Å². The molecule has 2 rings (SSSR count). The van der Waals surface area contributed by atoms with Gasteiger partial charge in [0.15, 0.2) is 0 Å². The summed E-state index contributed by atoms with van der Waals surface area (Å²) in [5.74, 6) is 0. The minimum Gasteiger partial charge on any atom is -0.317 e. The van der Waals surface area contributed by atoms with Crippen LogP contribution in [-0.4, -0.2) is 22.9 Å². The summed E-state index contributed by atoms with van der Waals surface area (Å²) in [5.41, 5.74) is 2.93. The molecule has 96 valence electrons. The molecule has 17 heavy (non-hydrogen) atoms. The normalized spacial score (nSPS) is 19.4.